The molecule has 0 fully saturated rings. The van der Waals surface area contributed by atoms with Gasteiger partial charge in [0.25, 0.3) is 5.91 Å². The Morgan fingerprint density at radius 1 is 0.963 bits per heavy atom. The van der Waals surface area contributed by atoms with Crippen LogP contribution in [0.4, 0.5) is 0 Å². The predicted octanol–water partition coefficient (Wildman–Crippen LogP) is 2.78. The van der Waals surface area contributed by atoms with Crippen LogP contribution in [0.15, 0.2) is 61.1 Å². The van der Waals surface area contributed by atoms with Crippen LogP contribution in [0, 0.1) is 0 Å². The topological polar surface area (TPSA) is 86.2 Å². The monoisotopic (exact) mass is 364 g/mol. The fourth-order valence-electron chi connectivity index (χ4n) is 2.30. The van der Waals surface area contributed by atoms with E-state index < -0.39 is 0 Å². The number of amides is 1. The van der Waals surface area contributed by atoms with Gasteiger partial charge in [0.2, 0.25) is 11.8 Å². The van der Waals surface area contributed by atoms with E-state index in [2.05, 4.69) is 20.3 Å². The van der Waals surface area contributed by atoms with E-state index >= 15 is 0 Å². The van der Waals surface area contributed by atoms with Crippen molar-refractivity contribution in [3.8, 4) is 11.8 Å². The van der Waals surface area contributed by atoms with E-state index in [9.17, 15) is 4.79 Å². The molecule has 7 nitrogen and oxygen atoms in total. The van der Waals surface area contributed by atoms with Gasteiger partial charge >= 0.3 is 0 Å². The van der Waals surface area contributed by atoms with Crippen molar-refractivity contribution < 1.29 is 14.3 Å². The van der Waals surface area contributed by atoms with Crippen LogP contribution < -0.4 is 14.8 Å². The van der Waals surface area contributed by atoms with E-state index in [0.717, 1.165) is 11.1 Å². The van der Waals surface area contributed by atoms with Gasteiger partial charge in [-0.1, -0.05) is 36.4 Å². The zero-order chi connectivity index (χ0) is 18.9. The first-order valence-corrected chi connectivity index (χ1v) is 8.59. The van der Waals surface area contributed by atoms with Crippen molar-refractivity contribution in [1.82, 2.24) is 20.3 Å². The molecular weight excluding hydrogens is 344 g/mol. The van der Waals surface area contributed by atoms with E-state index in [1.54, 1.807) is 12.3 Å². The highest BCUT2D eigenvalue weighted by Gasteiger charge is 2.09. The van der Waals surface area contributed by atoms with Gasteiger partial charge in [-0.25, -0.2) is 15.0 Å². The molecule has 2 aromatic heterocycles. The Morgan fingerprint density at radius 3 is 2.56 bits per heavy atom. The summed E-state index contributed by atoms with van der Waals surface area (Å²) in [6, 6.07) is 14.9. The van der Waals surface area contributed by atoms with Crippen molar-refractivity contribution in [2.75, 3.05) is 6.61 Å². The van der Waals surface area contributed by atoms with Crippen molar-refractivity contribution in [1.29, 1.82) is 0 Å². The highest BCUT2D eigenvalue weighted by Crippen LogP contribution is 2.11. The van der Waals surface area contributed by atoms with Crippen LogP contribution in [0.3, 0.4) is 0 Å². The molecule has 2 heterocycles. The van der Waals surface area contributed by atoms with Crippen LogP contribution in [0.5, 0.6) is 11.8 Å². The highest BCUT2D eigenvalue weighted by atomic mass is 16.5. The molecule has 3 rings (SSSR count). The smallest absolute Gasteiger partial charge is 0.270 e. The first kappa shape index (κ1) is 18.3. The number of aromatic nitrogens is 3. The molecule has 0 atom stereocenters. The lowest BCUT2D eigenvalue weighted by Gasteiger charge is -2.08. The van der Waals surface area contributed by atoms with Gasteiger partial charge < -0.3 is 14.8 Å². The average molecular weight is 364 g/mol. The van der Waals surface area contributed by atoms with Gasteiger partial charge in [0, 0.05) is 24.9 Å². The van der Waals surface area contributed by atoms with Gasteiger partial charge in [-0.2, -0.15) is 0 Å². The molecule has 0 saturated carbocycles. The number of rotatable bonds is 8. The van der Waals surface area contributed by atoms with E-state index in [1.807, 2.05) is 43.3 Å². The largest absolute Gasteiger partial charge is 0.478 e. The van der Waals surface area contributed by atoms with Crippen molar-refractivity contribution in [2.24, 2.45) is 0 Å². The summed E-state index contributed by atoms with van der Waals surface area (Å²) < 4.78 is 10.9. The number of pyridine rings is 1. The Kier molecular flexibility index (Phi) is 6.30. The zero-order valence-corrected chi connectivity index (χ0v) is 15.0. The molecule has 7 heteroatoms. The molecule has 0 aliphatic heterocycles. The second-order valence-corrected chi connectivity index (χ2v) is 5.64. The summed E-state index contributed by atoms with van der Waals surface area (Å²) in [5.41, 5.74) is 2.12. The van der Waals surface area contributed by atoms with E-state index in [4.69, 9.17) is 9.47 Å². The Balaban J connectivity index is 1.55. The fraction of sp³-hybridized carbons (Fsp3) is 0.200. The van der Waals surface area contributed by atoms with Gasteiger partial charge in [-0.15, -0.1) is 0 Å². The molecule has 0 radical (unpaired) electrons. The standard InChI is InChI=1S/C20H20N4O3/c1-2-26-18-9-8-16(11-21-18)12-22-20(25)17-10-19(24-14-23-17)27-13-15-6-4-3-5-7-15/h3-11,14H,2,12-13H2,1H3,(H,22,25). The maximum atomic E-state index is 12.3. The maximum absolute atomic E-state index is 12.3. The van der Waals surface area contributed by atoms with Crippen molar-refractivity contribution in [3.05, 3.63) is 77.9 Å². The summed E-state index contributed by atoms with van der Waals surface area (Å²) in [6.45, 7) is 3.17. The normalized spacial score (nSPS) is 10.3. The van der Waals surface area contributed by atoms with Crippen LogP contribution in [0.2, 0.25) is 0 Å². The molecule has 0 unspecified atom stereocenters. The number of nitrogens with one attached hydrogen (secondary N) is 1. The average Bonchev–Trinajstić information content (AvgIpc) is 2.73. The quantitative estimate of drug-likeness (QED) is 0.661. The molecular formula is C20H20N4O3. The molecule has 27 heavy (non-hydrogen) atoms. The van der Waals surface area contributed by atoms with Crippen LogP contribution in [-0.4, -0.2) is 27.5 Å². The summed E-state index contributed by atoms with van der Waals surface area (Å²) in [6.07, 6.45) is 2.98. The van der Waals surface area contributed by atoms with Gasteiger partial charge in [-0.05, 0) is 18.1 Å². The second kappa shape index (κ2) is 9.28. The molecule has 1 aromatic carbocycles. The van der Waals surface area contributed by atoms with Crippen LogP contribution in [-0.2, 0) is 13.2 Å². The lowest BCUT2D eigenvalue weighted by molar-refractivity contribution is 0.0945. The van der Waals surface area contributed by atoms with Crippen molar-refractivity contribution in [3.63, 3.8) is 0 Å². The number of carbonyl (C=O) groups is 1. The van der Waals surface area contributed by atoms with Crippen molar-refractivity contribution in [2.45, 2.75) is 20.1 Å². The molecule has 1 N–H and O–H groups in total. The summed E-state index contributed by atoms with van der Waals surface area (Å²) in [5.74, 6) is 0.598. The van der Waals surface area contributed by atoms with Gasteiger partial charge in [0.15, 0.2) is 0 Å². The summed E-state index contributed by atoms with van der Waals surface area (Å²) >= 11 is 0. The minimum Gasteiger partial charge on any atom is -0.478 e. The van der Waals surface area contributed by atoms with Gasteiger partial charge in [0.05, 0.1) is 6.61 Å². The minimum atomic E-state index is -0.309. The lowest BCUT2D eigenvalue weighted by Crippen LogP contribution is -2.24. The maximum Gasteiger partial charge on any atom is 0.270 e. The minimum absolute atomic E-state index is 0.243. The number of hydrogen-bond acceptors (Lipinski definition) is 6. The number of benzene rings is 1. The third-order valence-electron chi connectivity index (χ3n) is 3.65. The van der Waals surface area contributed by atoms with Crippen LogP contribution in [0.1, 0.15) is 28.5 Å². The number of carbonyl (C=O) groups excluding carboxylic acids is 1. The van der Waals surface area contributed by atoms with Crippen LogP contribution in [0.25, 0.3) is 0 Å². The van der Waals surface area contributed by atoms with Crippen LogP contribution >= 0.6 is 0 Å². The summed E-state index contributed by atoms with van der Waals surface area (Å²) in [5, 5.41) is 2.80. The van der Waals surface area contributed by atoms with E-state index in [-0.39, 0.29) is 11.6 Å². The van der Waals surface area contributed by atoms with Gasteiger partial charge in [-0.3, -0.25) is 4.79 Å². The molecule has 1 amide bonds. The Hall–Kier alpha value is -3.48. The highest BCUT2D eigenvalue weighted by molar-refractivity contribution is 5.92. The molecule has 0 bridgehead atoms. The number of nitrogens with zero attached hydrogens (tertiary/aromatic N) is 3. The zero-order valence-electron chi connectivity index (χ0n) is 15.0. The second-order valence-electron chi connectivity index (χ2n) is 5.64. The third kappa shape index (κ3) is 5.50. The molecule has 0 aliphatic rings. The molecule has 138 valence electrons. The Morgan fingerprint density at radius 2 is 1.81 bits per heavy atom. The molecule has 0 saturated heterocycles. The SMILES string of the molecule is CCOc1ccc(CNC(=O)c2cc(OCc3ccccc3)ncn2)cn1. The van der Waals surface area contributed by atoms with Crippen molar-refractivity contribution >= 4 is 5.91 Å². The number of ether oxygens (including phenoxy) is 2. The third-order valence-corrected chi connectivity index (χ3v) is 3.65. The predicted molar refractivity (Wildman–Crippen MR) is 99.4 cm³/mol. The number of hydrogen-bond donors (Lipinski definition) is 1. The first-order chi connectivity index (χ1) is 13.2. The summed E-state index contributed by atoms with van der Waals surface area (Å²) in [7, 11) is 0. The summed E-state index contributed by atoms with van der Waals surface area (Å²) in [4.78, 5) is 24.5. The van der Waals surface area contributed by atoms with Gasteiger partial charge in [0.1, 0.15) is 18.6 Å². The van der Waals surface area contributed by atoms with E-state index in [0.29, 0.717) is 31.5 Å². The lowest BCUT2D eigenvalue weighted by atomic mass is 10.2. The van der Waals surface area contributed by atoms with E-state index in [1.165, 1.54) is 12.4 Å². The Labute approximate surface area is 157 Å². The first-order valence-electron chi connectivity index (χ1n) is 8.59. The fourth-order valence-corrected chi connectivity index (χ4v) is 2.30. The molecule has 3 aromatic rings. The Bertz CT molecular complexity index is 870. The molecule has 0 aliphatic carbocycles. The molecule has 0 spiro atoms.